The molecule has 0 unspecified atom stereocenters. The standard InChI is InChI=1S/C20H24N2O5S/c1-27-18-6-3-15(4-7-18)13-16-9-11-21(12-10-16)19-8-5-17(22(23)24)14-20(19)28(2,25)26/h3-8,14,16H,9-13H2,1-2H3. The summed E-state index contributed by atoms with van der Waals surface area (Å²) in [4.78, 5) is 12.5. The van der Waals surface area contributed by atoms with Gasteiger partial charge >= 0.3 is 0 Å². The fourth-order valence-electron chi connectivity index (χ4n) is 3.65. The molecule has 0 atom stereocenters. The van der Waals surface area contributed by atoms with Gasteiger partial charge < -0.3 is 9.64 Å². The smallest absolute Gasteiger partial charge is 0.270 e. The molecule has 0 saturated carbocycles. The number of anilines is 1. The highest BCUT2D eigenvalue weighted by atomic mass is 32.2. The van der Waals surface area contributed by atoms with Gasteiger partial charge in [-0.05, 0) is 48.9 Å². The monoisotopic (exact) mass is 404 g/mol. The molecule has 150 valence electrons. The van der Waals surface area contributed by atoms with Crippen LogP contribution in [-0.2, 0) is 16.3 Å². The largest absolute Gasteiger partial charge is 0.497 e. The number of sulfone groups is 1. The van der Waals surface area contributed by atoms with Crippen molar-refractivity contribution in [2.45, 2.75) is 24.2 Å². The van der Waals surface area contributed by atoms with Crippen LogP contribution in [0, 0.1) is 16.0 Å². The maximum absolute atomic E-state index is 12.2. The Morgan fingerprint density at radius 1 is 1.14 bits per heavy atom. The number of nitrogens with zero attached hydrogens (tertiary/aromatic N) is 2. The van der Waals surface area contributed by atoms with E-state index in [0.29, 0.717) is 11.6 Å². The first-order valence-electron chi connectivity index (χ1n) is 9.14. The Kier molecular flexibility index (Phi) is 5.88. The molecule has 0 amide bonds. The number of non-ortho nitro benzene ring substituents is 1. The zero-order valence-corrected chi connectivity index (χ0v) is 16.8. The molecule has 0 bridgehead atoms. The molecule has 2 aromatic carbocycles. The topological polar surface area (TPSA) is 89.8 Å². The van der Waals surface area contributed by atoms with Gasteiger partial charge in [0, 0.05) is 31.5 Å². The Balaban J connectivity index is 1.71. The van der Waals surface area contributed by atoms with E-state index < -0.39 is 14.8 Å². The number of hydrogen-bond donors (Lipinski definition) is 0. The van der Waals surface area contributed by atoms with Gasteiger partial charge in [0.1, 0.15) is 5.75 Å². The van der Waals surface area contributed by atoms with E-state index in [1.807, 2.05) is 17.0 Å². The summed E-state index contributed by atoms with van der Waals surface area (Å²) in [7, 11) is -1.92. The number of piperidine rings is 1. The number of nitro groups is 1. The van der Waals surface area contributed by atoms with Gasteiger partial charge in [0.05, 0.1) is 22.6 Å². The summed E-state index contributed by atoms with van der Waals surface area (Å²) in [5.41, 5.74) is 1.60. The van der Waals surface area contributed by atoms with Crippen molar-refractivity contribution >= 4 is 21.2 Å². The Morgan fingerprint density at radius 3 is 2.32 bits per heavy atom. The molecule has 1 aliphatic rings. The predicted octanol–water partition coefficient (Wildman–Crippen LogP) is 3.47. The van der Waals surface area contributed by atoms with Crippen molar-refractivity contribution in [3.63, 3.8) is 0 Å². The Bertz CT molecular complexity index is 949. The maximum Gasteiger partial charge on any atom is 0.270 e. The minimum atomic E-state index is -3.57. The second-order valence-corrected chi connectivity index (χ2v) is 9.15. The predicted molar refractivity (Wildman–Crippen MR) is 108 cm³/mol. The maximum atomic E-state index is 12.2. The van der Waals surface area contributed by atoms with Gasteiger partial charge in [0.2, 0.25) is 0 Å². The second-order valence-electron chi connectivity index (χ2n) is 7.16. The van der Waals surface area contributed by atoms with Crippen molar-refractivity contribution in [1.29, 1.82) is 0 Å². The molecule has 1 heterocycles. The zero-order valence-electron chi connectivity index (χ0n) is 16.0. The molecule has 1 aliphatic heterocycles. The summed E-state index contributed by atoms with van der Waals surface area (Å²) in [5, 5.41) is 11.0. The first kappa shape index (κ1) is 20.1. The van der Waals surface area contributed by atoms with Gasteiger partial charge in [-0.2, -0.15) is 0 Å². The number of benzene rings is 2. The fraction of sp³-hybridized carbons (Fsp3) is 0.400. The average Bonchev–Trinajstić information content (AvgIpc) is 2.68. The van der Waals surface area contributed by atoms with Crippen molar-refractivity contribution in [3.8, 4) is 5.75 Å². The second kappa shape index (κ2) is 8.18. The number of methoxy groups -OCH3 is 1. The van der Waals surface area contributed by atoms with Crippen molar-refractivity contribution in [3.05, 3.63) is 58.1 Å². The quantitative estimate of drug-likeness (QED) is 0.541. The molecule has 7 nitrogen and oxygen atoms in total. The zero-order chi connectivity index (χ0) is 20.3. The van der Waals surface area contributed by atoms with Crippen molar-refractivity contribution in [1.82, 2.24) is 0 Å². The summed E-state index contributed by atoms with van der Waals surface area (Å²) in [5.74, 6) is 1.36. The van der Waals surface area contributed by atoms with Crippen LogP contribution in [0.2, 0.25) is 0 Å². The van der Waals surface area contributed by atoms with Gasteiger partial charge in [0.25, 0.3) is 5.69 Å². The third-order valence-electron chi connectivity index (χ3n) is 5.19. The van der Waals surface area contributed by atoms with Crippen LogP contribution in [0.1, 0.15) is 18.4 Å². The van der Waals surface area contributed by atoms with E-state index in [1.165, 1.54) is 11.6 Å². The summed E-state index contributed by atoms with van der Waals surface area (Å²) < 4.78 is 29.5. The lowest BCUT2D eigenvalue weighted by Crippen LogP contribution is -2.35. The fourth-order valence-corrected chi connectivity index (χ4v) is 4.56. The van der Waals surface area contributed by atoms with E-state index >= 15 is 0 Å². The highest BCUT2D eigenvalue weighted by Gasteiger charge is 2.25. The lowest BCUT2D eigenvalue weighted by molar-refractivity contribution is -0.385. The van der Waals surface area contributed by atoms with Crippen LogP contribution < -0.4 is 9.64 Å². The molecule has 8 heteroatoms. The minimum absolute atomic E-state index is 0.0234. The molecule has 3 rings (SSSR count). The summed E-state index contributed by atoms with van der Waals surface area (Å²) >= 11 is 0. The molecule has 0 aromatic heterocycles. The van der Waals surface area contributed by atoms with Crippen molar-refractivity contribution in [2.24, 2.45) is 5.92 Å². The van der Waals surface area contributed by atoms with Gasteiger partial charge in [-0.25, -0.2) is 8.42 Å². The van der Waals surface area contributed by atoms with E-state index in [-0.39, 0.29) is 10.6 Å². The molecule has 2 aromatic rings. The number of hydrogen-bond acceptors (Lipinski definition) is 6. The van der Waals surface area contributed by atoms with Gasteiger partial charge in [0.15, 0.2) is 9.84 Å². The van der Waals surface area contributed by atoms with E-state index in [2.05, 4.69) is 12.1 Å². The Labute approximate surface area is 165 Å². The van der Waals surface area contributed by atoms with Gasteiger partial charge in [-0.15, -0.1) is 0 Å². The highest BCUT2D eigenvalue weighted by molar-refractivity contribution is 7.90. The summed E-state index contributed by atoms with van der Waals surface area (Å²) in [6, 6.07) is 12.1. The van der Waals surface area contributed by atoms with E-state index in [0.717, 1.165) is 50.4 Å². The molecule has 0 radical (unpaired) electrons. The van der Waals surface area contributed by atoms with Crippen LogP contribution in [0.15, 0.2) is 47.4 Å². The van der Waals surface area contributed by atoms with Crippen molar-refractivity contribution < 1.29 is 18.1 Å². The van der Waals surface area contributed by atoms with E-state index in [4.69, 9.17) is 4.74 Å². The van der Waals surface area contributed by atoms with Crippen LogP contribution in [0.4, 0.5) is 11.4 Å². The lowest BCUT2D eigenvalue weighted by atomic mass is 9.90. The van der Waals surface area contributed by atoms with Gasteiger partial charge in [-0.3, -0.25) is 10.1 Å². The molecule has 0 spiro atoms. The summed E-state index contributed by atoms with van der Waals surface area (Å²) in [6.45, 7) is 1.45. The SMILES string of the molecule is COc1ccc(CC2CCN(c3ccc([N+](=O)[O-])cc3S(C)(=O)=O)CC2)cc1. The summed E-state index contributed by atoms with van der Waals surface area (Å²) in [6.07, 6.45) is 3.93. The molecule has 0 N–H and O–H groups in total. The van der Waals surface area contributed by atoms with E-state index in [9.17, 15) is 18.5 Å². The molecule has 1 saturated heterocycles. The Hall–Kier alpha value is -2.61. The highest BCUT2D eigenvalue weighted by Crippen LogP contribution is 2.33. The van der Waals surface area contributed by atoms with Crippen LogP contribution in [0.25, 0.3) is 0 Å². The van der Waals surface area contributed by atoms with Crippen LogP contribution in [0.3, 0.4) is 0 Å². The molecule has 28 heavy (non-hydrogen) atoms. The Morgan fingerprint density at radius 2 is 1.79 bits per heavy atom. The number of ether oxygens (including phenoxy) is 1. The lowest BCUT2D eigenvalue weighted by Gasteiger charge is -2.34. The van der Waals surface area contributed by atoms with Gasteiger partial charge in [-0.1, -0.05) is 12.1 Å². The van der Waals surface area contributed by atoms with Crippen molar-refractivity contribution in [2.75, 3.05) is 31.4 Å². The number of nitro benzene ring substituents is 1. The first-order chi connectivity index (χ1) is 13.3. The first-order valence-corrected chi connectivity index (χ1v) is 11.0. The molecular formula is C20H24N2O5S. The van der Waals surface area contributed by atoms with Crippen LogP contribution in [-0.4, -0.2) is 39.8 Å². The third kappa shape index (κ3) is 4.62. The molecular weight excluding hydrogens is 380 g/mol. The number of rotatable bonds is 6. The molecule has 1 fully saturated rings. The minimum Gasteiger partial charge on any atom is -0.497 e. The third-order valence-corrected chi connectivity index (χ3v) is 6.32. The van der Waals surface area contributed by atoms with E-state index in [1.54, 1.807) is 13.2 Å². The van der Waals surface area contributed by atoms with Crippen LogP contribution in [0.5, 0.6) is 5.75 Å². The van der Waals surface area contributed by atoms with Crippen LogP contribution >= 0.6 is 0 Å². The average molecular weight is 404 g/mol. The normalized spacial score (nSPS) is 15.4. The molecule has 0 aliphatic carbocycles.